The summed E-state index contributed by atoms with van der Waals surface area (Å²) in [5, 5.41) is 0.998. The number of rotatable bonds is 1. The molecule has 1 saturated heterocycles. The third kappa shape index (κ3) is 1.68. The Morgan fingerprint density at radius 3 is 2.89 bits per heavy atom. The number of nitrogen functional groups attached to an aromatic ring is 1. The van der Waals surface area contributed by atoms with Crippen molar-refractivity contribution in [2.45, 2.75) is 25.8 Å². The molecule has 0 saturated carbocycles. The summed E-state index contributed by atoms with van der Waals surface area (Å²) in [7, 11) is 0. The molecule has 3 rings (SSSR count). The number of benzene rings is 1. The standard InChI is InChI=1S/C14H16N2OS/c1-9-5-4-8-16(9)14(17)13-12(15)10-6-2-3-7-11(10)18-13/h2-3,6-7,9H,4-5,8,15H2,1H3. The number of hydrogen-bond acceptors (Lipinski definition) is 3. The number of nitrogens with zero attached hydrogens (tertiary/aromatic N) is 1. The van der Waals surface area contributed by atoms with Crippen molar-refractivity contribution in [2.75, 3.05) is 12.3 Å². The van der Waals surface area contributed by atoms with Crippen LogP contribution >= 0.6 is 11.3 Å². The SMILES string of the molecule is CC1CCCN1C(=O)c1sc2ccccc2c1N. The van der Waals surface area contributed by atoms with Crippen molar-refractivity contribution >= 4 is 33.0 Å². The van der Waals surface area contributed by atoms with E-state index in [-0.39, 0.29) is 5.91 Å². The van der Waals surface area contributed by atoms with Crippen molar-refractivity contribution < 1.29 is 4.79 Å². The first-order valence-electron chi connectivity index (χ1n) is 6.26. The van der Waals surface area contributed by atoms with E-state index in [0.717, 1.165) is 29.5 Å². The Hall–Kier alpha value is -1.55. The van der Waals surface area contributed by atoms with Crippen LogP contribution in [-0.4, -0.2) is 23.4 Å². The van der Waals surface area contributed by atoms with E-state index in [4.69, 9.17) is 5.73 Å². The van der Waals surface area contributed by atoms with E-state index in [1.54, 1.807) is 0 Å². The molecule has 0 spiro atoms. The summed E-state index contributed by atoms with van der Waals surface area (Å²) in [6.07, 6.45) is 2.19. The number of nitrogens with two attached hydrogens (primary N) is 1. The Labute approximate surface area is 110 Å². The molecule has 4 heteroatoms. The molecule has 2 heterocycles. The zero-order valence-electron chi connectivity index (χ0n) is 10.3. The summed E-state index contributed by atoms with van der Waals surface area (Å²) in [6.45, 7) is 2.96. The molecule has 1 amide bonds. The molecule has 0 bridgehead atoms. The van der Waals surface area contributed by atoms with Gasteiger partial charge in [0.05, 0.1) is 5.69 Å². The van der Waals surface area contributed by atoms with Crippen LogP contribution in [0.25, 0.3) is 10.1 Å². The molecular formula is C14H16N2OS. The molecule has 1 atom stereocenters. The van der Waals surface area contributed by atoms with Gasteiger partial charge in [-0.3, -0.25) is 4.79 Å². The highest BCUT2D eigenvalue weighted by Gasteiger charge is 2.28. The molecule has 0 radical (unpaired) electrons. The van der Waals surface area contributed by atoms with Gasteiger partial charge < -0.3 is 10.6 Å². The average molecular weight is 260 g/mol. The van der Waals surface area contributed by atoms with Gasteiger partial charge in [0, 0.05) is 22.7 Å². The molecular weight excluding hydrogens is 244 g/mol. The topological polar surface area (TPSA) is 46.3 Å². The molecule has 1 aromatic carbocycles. The van der Waals surface area contributed by atoms with Crippen molar-refractivity contribution in [3.63, 3.8) is 0 Å². The fourth-order valence-electron chi connectivity index (χ4n) is 2.59. The lowest BCUT2D eigenvalue weighted by Gasteiger charge is -2.20. The number of carbonyl (C=O) groups is 1. The molecule has 2 aromatic rings. The van der Waals surface area contributed by atoms with Gasteiger partial charge in [-0.1, -0.05) is 18.2 Å². The van der Waals surface area contributed by atoms with Gasteiger partial charge in [0.2, 0.25) is 0 Å². The van der Waals surface area contributed by atoms with Gasteiger partial charge in [0.1, 0.15) is 4.88 Å². The number of fused-ring (bicyclic) bond motifs is 1. The highest BCUT2D eigenvalue weighted by molar-refractivity contribution is 7.21. The number of hydrogen-bond donors (Lipinski definition) is 1. The summed E-state index contributed by atoms with van der Waals surface area (Å²) in [4.78, 5) is 15.1. The van der Waals surface area contributed by atoms with Crippen LogP contribution in [0, 0.1) is 0 Å². The second-order valence-corrected chi connectivity index (χ2v) is 5.88. The van der Waals surface area contributed by atoms with Crippen LogP contribution in [0.3, 0.4) is 0 Å². The number of anilines is 1. The van der Waals surface area contributed by atoms with E-state index in [9.17, 15) is 4.79 Å². The van der Waals surface area contributed by atoms with Crippen LogP contribution in [0.2, 0.25) is 0 Å². The maximum atomic E-state index is 12.5. The van der Waals surface area contributed by atoms with E-state index >= 15 is 0 Å². The van der Waals surface area contributed by atoms with Crippen molar-refractivity contribution in [2.24, 2.45) is 0 Å². The summed E-state index contributed by atoms with van der Waals surface area (Å²) in [5.41, 5.74) is 6.75. The van der Waals surface area contributed by atoms with Crippen molar-refractivity contribution in [1.82, 2.24) is 4.90 Å². The predicted molar refractivity (Wildman–Crippen MR) is 76.0 cm³/mol. The second kappa shape index (κ2) is 4.28. The summed E-state index contributed by atoms with van der Waals surface area (Å²) in [5.74, 6) is 0.0960. The Balaban J connectivity index is 2.04. The molecule has 1 aliphatic rings. The van der Waals surface area contributed by atoms with Crippen LogP contribution < -0.4 is 5.73 Å². The van der Waals surface area contributed by atoms with Crippen molar-refractivity contribution in [1.29, 1.82) is 0 Å². The molecule has 94 valence electrons. The zero-order chi connectivity index (χ0) is 12.7. The average Bonchev–Trinajstić information content (AvgIpc) is 2.94. The van der Waals surface area contributed by atoms with Gasteiger partial charge in [-0.2, -0.15) is 0 Å². The van der Waals surface area contributed by atoms with Gasteiger partial charge in [-0.05, 0) is 25.8 Å². The minimum atomic E-state index is 0.0960. The van der Waals surface area contributed by atoms with Gasteiger partial charge in [0.25, 0.3) is 5.91 Å². The van der Waals surface area contributed by atoms with Gasteiger partial charge >= 0.3 is 0 Å². The van der Waals surface area contributed by atoms with Crippen LogP contribution in [0.4, 0.5) is 5.69 Å². The van der Waals surface area contributed by atoms with Gasteiger partial charge in [-0.15, -0.1) is 11.3 Å². The first kappa shape index (κ1) is 11.5. The largest absolute Gasteiger partial charge is 0.397 e. The van der Waals surface area contributed by atoms with Gasteiger partial charge in [0.15, 0.2) is 0 Å². The summed E-state index contributed by atoms with van der Waals surface area (Å²) >= 11 is 1.50. The maximum absolute atomic E-state index is 12.5. The molecule has 3 nitrogen and oxygen atoms in total. The minimum Gasteiger partial charge on any atom is -0.397 e. The number of carbonyl (C=O) groups excluding carboxylic acids is 1. The second-order valence-electron chi connectivity index (χ2n) is 4.83. The van der Waals surface area contributed by atoms with Crippen LogP contribution in [0.15, 0.2) is 24.3 Å². The Kier molecular flexibility index (Phi) is 2.74. The molecule has 0 aliphatic carbocycles. The maximum Gasteiger partial charge on any atom is 0.266 e. The molecule has 1 aromatic heterocycles. The Morgan fingerprint density at radius 1 is 1.44 bits per heavy atom. The van der Waals surface area contributed by atoms with Gasteiger partial charge in [-0.25, -0.2) is 0 Å². The molecule has 1 fully saturated rings. The molecule has 2 N–H and O–H groups in total. The first-order valence-corrected chi connectivity index (χ1v) is 7.08. The highest BCUT2D eigenvalue weighted by Crippen LogP contribution is 2.35. The fourth-order valence-corrected chi connectivity index (χ4v) is 3.67. The molecule has 1 aliphatic heterocycles. The lowest BCUT2D eigenvalue weighted by molar-refractivity contribution is 0.0753. The van der Waals surface area contributed by atoms with Crippen LogP contribution in [0.5, 0.6) is 0 Å². The van der Waals surface area contributed by atoms with Crippen LogP contribution in [-0.2, 0) is 0 Å². The van der Waals surface area contributed by atoms with E-state index in [1.165, 1.54) is 11.3 Å². The fraction of sp³-hybridized carbons (Fsp3) is 0.357. The predicted octanol–water partition coefficient (Wildman–Crippen LogP) is 3.11. The number of amides is 1. The number of thiophene rings is 1. The Morgan fingerprint density at radius 2 is 2.22 bits per heavy atom. The lowest BCUT2D eigenvalue weighted by Crippen LogP contribution is -2.33. The first-order chi connectivity index (χ1) is 8.68. The van der Waals surface area contributed by atoms with Crippen LogP contribution in [0.1, 0.15) is 29.4 Å². The summed E-state index contributed by atoms with van der Waals surface area (Å²) < 4.78 is 1.09. The molecule has 18 heavy (non-hydrogen) atoms. The van der Waals surface area contributed by atoms with E-state index in [1.807, 2.05) is 29.2 Å². The monoisotopic (exact) mass is 260 g/mol. The van der Waals surface area contributed by atoms with E-state index < -0.39 is 0 Å². The lowest BCUT2D eigenvalue weighted by atomic mass is 10.2. The zero-order valence-corrected chi connectivity index (χ0v) is 11.2. The highest BCUT2D eigenvalue weighted by atomic mass is 32.1. The van der Waals surface area contributed by atoms with E-state index in [0.29, 0.717) is 16.6 Å². The quantitative estimate of drug-likeness (QED) is 0.856. The smallest absolute Gasteiger partial charge is 0.266 e. The Bertz CT molecular complexity index is 605. The van der Waals surface area contributed by atoms with Crippen molar-refractivity contribution in [3.8, 4) is 0 Å². The third-order valence-corrected chi connectivity index (χ3v) is 4.82. The molecule has 1 unspecified atom stereocenters. The van der Waals surface area contributed by atoms with E-state index in [2.05, 4.69) is 6.92 Å². The minimum absolute atomic E-state index is 0.0960. The van der Waals surface area contributed by atoms with Crippen molar-refractivity contribution in [3.05, 3.63) is 29.1 Å². The summed E-state index contributed by atoms with van der Waals surface area (Å²) in [6, 6.07) is 8.26. The normalized spacial score (nSPS) is 19.6. The number of likely N-dealkylation sites (tertiary alicyclic amines) is 1. The third-order valence-electron chi connectivity index (χ3n) is 3.64.